The van der Waals surface area contributed by atoms with Gasteiger partial charge in [0.1, 0.15) is 0 Å². The molecule has 0 bridgehead atoms. The molecule has 1 atom stereocenters. The van der Waals surface area contributed by atoms with E-state index < -0.39 is 0 Å². The highest BCUT2D eigenvalue weighted by molar-refractivity contribution is 7.10. The summed E-state index contributed by atoms with van der Waals surface area (Å²) in [6.07, 6.45) is 0. The van der Waals surface area contributed by atoms with Crippen LogP contribution >= 0.6 is 11.3 Å². The maximum absolute atomic E-state index is 12.2. The molecule has 0 radical (unpaired) electrons. The summed E-state index contributed by atoms with van der Waals surface area (Å²) in [6, 6.07) is 10.4. The Morgan fingerprint density at radius 2 is 1.81 bits per heavy atom. The van der Waals surface area contributed by atoms with Gasteiger partial charge in [0.25, 0.3) is 5.91 Å². The topological polar surface area (TPSA) is 29.1 Å². The van der Waals surface area contributed by atoms with Gasteiger partial charge in [0.15, 0.2) is 0 Å². The van der Waals surface area contributed by atoms with Gasteiger partial charge in [-0.25, -0.2) is 0 Å². The standard InChI is InChI=1S/C18H23NOS/c1-12-10-15(11-21-12)17(20)19-13(2)14-6-8-16(9-7-14)18(3,4)5/h6-11,13H,1-5H3,(H,19,20)/t13-/m0/s1. The van der Waals surface area contributed by atoms with Gasteiger partial charge in [-0.2, -0.15) is 0 Å². The normalized spacial score (nSPS) is 13.0. The first-order chi connectivity index (χ1) is 9.77. The molecule has 0 unspecified atom stereocenters. The van der Waals surface area contributed by atoms with E-state index >= 15 is 0 Å². The van der Waals surface area contributed by atoms with Gasteiger partial charge in [-0.3, -0.25) is 4.79 Å². The minimum atomic E-state index is -0.00764. The Morgan fingerprint density at radius 3 is 2.29 bits per heavy atom. The van der Waals surface area contributed by atoms with Crippen LogP contribution in [0.2, 0.25) is 0 Å². The molecule has 1 N–H and O–H groups in total. The van der Waals surface area contributed by atoms with Crippen molar-refractivity contribution in [2.24, 2.45) is 0 Å². The number of nitrogens with one attached hydrogen (secondary N) is 1. The lowest BCUT2D eigenvalue weighted by atomic mass is 9.86. The average molecular weight is 301 g/mol. The van der Waals surface area contributed by atoms with E-state index in [4.69, 9.17) is 0 Å². The zero-order chi connectivity index (χ0) is 15.6. The third-order valence-electron chi connectivity index (χ3n) is 3.62. The number of benzene rings is 1. The van der Waals surface area contributed by atoms with Gasteiger partial charge in [-0.1, -0.05) is 45.0 Å². The molecular weight excluding hydrogens is 278 g/mol. The summed E-state index contributed by atoms with van der Waals surface area (Å²) < 4.78 is 0. The fourth-order valence-corrected chi connectivity index (χ4v) is 2.88. The molecule has 0 aliphatic carbocycles. The number of hydrogen-bond donors (Lipinski definition) is 1. The largest absolute Gasteiger partial charge is 0.345 e. The molecule has 3 heteroatoms. The zero-order valence-corrected chi connectivity index (χ0v) is 14.2. The maximum Gasteiger partial charge on any atom is 0.252 e. The Labute approximate surface area is 131 Å². The molecule has 0 fully saturated rings. The maximum atomic E-state index is 12.2. The lowest BCUT2D eigenvalue weighted by Crippen LogP contribution is -2.26. The highest BCUT2D eigenvalue weighted by Gasteiger charge is 2.15. The molecular formula is C18H23NOS. The van der Waals surface area contributed by atoms with Crippen molar-refractivity contribution in [1.82, 2.24) is 5.32 Å². The molecule has 21 heavy (non-hydrogen) atoms. The SMILES string of the molecule is Cc1cc(C(=O)N[C@@H](C)c2ccc(C(C)(C)C)cc2)cs1. The van der Waals surface area contributed by atoms with Crippen LogP contribution in [0, 0.1) is 6.92 Å². The second kappa shape index (κ2) is 6.02. The van der Waals surface area contributed by atoms with Gasteiger partial charge in [-0.05, 0) is 36.5 Å². The van der Waals surface area contributed by atoms with E-state index in [-0.39, 0.29) is 17.4 Å². The number of amides is 1. The lowest BCUT2D eigenvalue weighted by molar-refractivity contribution is 0.0940. The lowest BCUT2D eigenvalue weighted by Gasteiger charge is -2.20. The number of hydrogen-bond acceptors (Lipinski definition) is 2. The Bertz CT molecular complexity index is 619. The van der Waals surface area contributed by atoms with Crippen molar-refractivity contribution in [3.63, 3.8) is 0 Å². The molecule has 0 saturated carbocycles. The molecule has 1 aromatic heterocycles. The van der Waals surface area contributed by atoms with Gasteiger partial charge in [0.05, 0.1) is 11.6 Å². The van der Waals surface area contributed by atoms with Crippen molar-refractivity contribution in [1.29, 1.82) is 0 Å². The molecule has 2 rings (SSSR count). The molecule has 1 aromatic carbocycles. The van der Waals surface area contributed by atoms with Crippen molar-refractivity contribution < 1.29 is 4.79 Å². The molecule has 0 aliphatic rings. The summed E-state index contributed by atoms with van der Waals surface area (Å²) in [7, 11) is 0. The number of carbonyl (C=O) groups excluding carboxylic acids is 1. The first-order valence-corrected chi connectivity index (χ1v) is 8.12. The quantitative estimate of drug-likeness (QED) is 0.863. The highest BCUT2D eigenvalue weighted by atomic mass is 32.1. The second-order valence-electron chi connectivity index (χ2n) is 6.51. The number of thiophene rings is 1. The molecule has 1 heterocycles. The van der Waals surface area contributed by atoms with Crippen LogP contribution in [0.5, 0.6) is 0 Å². The molecule has 0 spiro atoms. The Kier molecular flexibility index (Phi) is 4.52. The third kappa shape index (κ3) is 3.94. The number of aryl methyl sites for hydroxylation is 1. The first-order valence-electron chi connectivity index (χ1n) is 7.24. The van der Waals surface area contributed by atoms with Crippen LogP contribution in [0.4, 0.5) is 0 Å². The summed E-state index contributed by atoms with van der Waals surface area (Å²) in [4.78, 5) is 13.3. The fraction of sp³-hybridized carbons (Fsp3) is 0.389. The second-order valence-corrected chi connectivity index (χ2v) is 7.63. The predicted molar refractivity (Wildman–Crippen MR) is 90.1 cm³/mol. The van der Waals surface area contributed by atoms with Crippen LogP contribution in [-0.4, -0.2) is 5.91 Å². The van der Waals surface area contributed by atoms with E-state index in [1.807, 2.05) is 25.3 Å². The molecule has 2 nitrogen and oxygen atoms in total. The molecule has 0 saturated heterocycles. The summed E-state index contributed by atoms with van der Waals surface area (Å²) in [5.74, 6) is -0.00764. The van der Waals surface area contributed by atoms with Gasteiger partial charge in [0, 0.05) is 10.3 Å². The van der Waals surface area contributed by atoms with E-state index in [0.29, 0.717) is 0 Å². The van der Waals surface area contributed by atoms with E-state index in [9.17, 15) is 4.79 Å². The van der Waals surface area contributed by atoms with Gasteiger partial charge >= 0.3 is 0 Å². The Hall–Kier alpha value is -1.61. The third-order valence-corrected chi connectivity index (χ3v) is 4.48. The highest BCUT2D eigenvalue weighted by Crippen LogP contribution is 2.24. The van der Waals surface area contributed by atoms with Gasteiger partial charge in [-0.15, -0.1) is 11.3 Å². The van der Waals surface area contributed by atoms with Gasteiger partial charge in [0.2, 0.25) is 0 Å². The fourth-order valence-electron chi connectivity index (χ4n) is 2.20. The van der Waals surface area contributed by atoms with Crippen LogP contribution < -0.4 is 5.32 Å². The molecule has 112 valence electrons. The number of rotatable bonds is 3. The minimum absolute atomic E-state index is 0.00623. The Morgan fingerprint density at radius 1 is 1.19 bits per heavy atom. The van der Waals surface area contributed by atoms with E-state index in [1.54, 1.807) is 11.3 Å². The molecule has 0 aliphatic heterocycles. The number of carbonyl (C=O) groups is 1. The van der Waals surface area contributed by atoms with Crippen molar-refractivity contribution in [2.75, 3.05) is 0 Å². The van der Waals surface area contributed by atoms with E-state index in [2.05, 4.69) is 50.4 Å². The van der Waals surface area contributed by atoms with Gasteiger partial charge < -0.3 is 5.32 Å². The average Bonchev–Trinajstić information content (AvgIpc) is 2.84. The monoisotopic (exact) mass is 301 g/mol. The Balaban J connectivity index is 2.06. The van der Waals surface area contributed by atoms with Crippen molar-refractivity contribution >= 4 is 17.2 Å². The van der Waals surface area contributed by atoms with Crippen molar-refractivity contribution in [3.05, 3.63) is 57.3 Å². The van der Waals surface area contributed by atoms with Crippen LogP contribution in [-0.2, 0) is 5.41 Å². The first kappa shape index (κ1) is 15.8. The zero-order valence-electron chi connectivity index (χ0n) is 13.4. The van der Waals surface area contributed by atoms with Crippen LogP contribution in [0.15, 0.2) is 35.7 Å². The minimum Gasteiger partial charge on any atom is -0.345 e. The van der Waals surface area contributed by atoms with Crippen molar-refractivity contribution in [2.45, 2.75) is 46.1 Å². The summed E-state index contributed by atoms with van der Waals surface area (Å²) in [5, 5.41) is 4.95. The summed E-state index contributed by atoms with van der Waals surface area (Å²) in [5.41, 5.74) is 3.33. The predicted octanol–water partition coefficient (Wildman–Crippen LogP) is 4.85. The van der Waals surface area contributed by atoms with Crippen LogP contribution in [0.1, 0.15) is 60.1 Å². The van der Waals surface area contributed by atoms with Crippen molar-refractivity contribution in [3.8, 4) is 0 Å². The summed E-state index contributed by atoms with van der Waals surface area (Å²) in [6.45, 7) is 10.6. The van der Waals surface area contributed by atoms with E-state index in [1.165, 1.54) is 5.56 Å². The summed E-state index contributed by atoms with van der Waals surface area (Å²) >= 11 is 1.60. The molecule has 2 aromatic rings. The van der Waals surface area contributed by atoms with E-state index in [0.717, 1.165) is 16.0 Å². The van der Waals surface area contributed by atoms with Crippen LogP contribution in [0.3, 0.4) is 0 Å². The molecule has 1 amide bonds. The smallest absolute Gasteiger partial charge is 0.252 e. The van der Waals surface area contributed by atoms with Crippen LogP contribution in [0.25, 0.3) is 0 Å².